The first kappa shape index (κ1) is 12.3. The summed E-state index contributed by atoms with van der Waals surface area (Å²) in [5, 5.41) is 3.14. The molecule has 94 valence electrons. The Balaban J connectivity index is 2.35. The Morgan fingerprint density at radius 3 is 2.56 bits per heavy atom. The molecule has 2 aromatic rings. The zero-order valence-corrected chi connectivity index (χ0v) is 10.6. The fourth-order valence-corrected chi connectivity index (χ4v) is 1.48. The summed E-state index contributed by atoms with van der Waals surface area (Å²) in [6.07, 6.45) is 1.01. The predicted octanol–water partition coefficient (Wildman–Crippen LogP) is 2.37. The van der Waals surface area contributed by atoms with Gasteiger partial charge in [0.05, 0.1) is 7.11 Å². The third-order valence-electron chi connectivity index (χ3n) is 2.36. The number of rotatable bonds is 5. The molecule has 0 aliphatic rings. The van der Waals surface area contributed by atoms with Crippen molar-refractivity contribution in [1.82, 2.24) is 15.0 Å². The van der Waals surface area contributed by atoms with Crippen LogP contribution >= 0.6 is 0 Å². The number of methoxy groups -OCH3 is 1. The summed E-state index contributed by atoms with van der Waals surface area (Å²) >= 11 is 0. The predicted molar refractivity (Wildman–Crippen MR) is 70.6 cm³/mol. The topological polar surface area (TPSA) is 59.9 Å². The third kappa shape index (κ3) is 2.94. The zero-order chi connectivity index (χ0) is 12.8. The molecule has 0 spiro atoms. The van der Waals surface area contributed by atoms with Crippen LogP contribution in [0.3, 0.4) is 0 Å². The Morgan fingerprint density at radius 1 is 1.11 bits per heavy atom. The average molecular weight is 244 g/mol. The number of ether oxygens (including phenoxy) is 1. The van der Waals surface area contributed by atoms with Crippen molar-refractivity contribution in [3.05, 3.63) is 30.3 Å². The van der Waals surface area contributed by atoms with Crippen LogP contribution in [0.5, 0.6) is 6.01 Å². The van der Waals surface area contributed by atoms with E-state index in [0.717, 1.165) is 18.5 Å². The summed E-state index contributed by atoms with van der Waals surface area (Å²) in [4.78, 5) is 12.8. The van der Waals surface area contributed by atoms with Gasteiger partial charge < -0.3 is 10.1 Å². The molecule has 5 heteroatoms. The monoisotopic (exact) mass is 244 g/mol. The summed E-state index contributed by atoms with van der Waals surface area (Å²) in [7, 11) is 1.55. The summed E-state index contributed by atoms with van der Waals surface area (Å²) in [6.45, 7) is 2.91. The van der Waals surface area contributed by atoms with Crippen molar-refractivity contribution < 1.29 is 4.74 Å². The summed E-state index contributed by atoms with van der Waals surface area (Å²) in [5.41, 5.74) is 0.942. The van der Waals surface area contributed by atoms with Gasteiger partial charge in [0, 0.05) is 12.1 Å². The van der Waals surface area contributed by atoms with Crippen molar-refractivity contribution in [2.45, 2.75) is 13.3 Å². The largest absolute Gasteiger partial charge is 0.467 e. The van der Waals surface area contributed by atoms with Crippen LogP contribution in [0.4, 0.5) is 5.95 Å². The van der Waals surface area contributed by atoms with Crippen molar-refractivity contribution in [2.24, 2.45) is 0 Å². The van der Waals surface area contributed by atoms with Gasteiger partial charge in [-0.2, -0.15) is 15.0 Å². The van der Waals surface area contributed by atoms with Crippen molar-refractivity contribution in [2.75, 3.05) is 19.0 Å². The highest BCUT2D eigenvalue weighted by Gasteiger charge is 2.07. The van der Waals surface area contributed by atoms with Crippen LogP contribution < -0.4 is 10.1 Å². The van der Waals surface area contributed by atoms with Gasteiger partial charge in [0.15, 0.2) is 5.82 Å². The van der Waals surface area contributed by atoms with Crippen LogP contribution in [0.1, 0.15) is 13.3 Å². The molecule has 0 unspecified atom stereocenters. The molecule has 0 amide bonds. The van der Waals surface area contributed by atoms with Gasteiger partial charge in [0.1, 0.15) is 0 Å². The number of nitrogens with zero attached hydrogens (tertiary/aromatic N) is 3. The molecule has 0 atom stereocenters. The molecule has 5 nitrogen and oxygen atoms in total. The average Bonchev–Trinajstić information content (AvgIpc) is 2.45. The summed E-state index contributed by atoms with van der Waals surface area (Å²) in [5.74, 6) is 1.16. The highest BCUT2D eigenvalue weighted by molar-refractivity contribution is 5.56. The van der Waals surface area contributed by atoms with Gasteiger partial charge in [-0.05, 0) is 6.42 Å². The lowest BCUT2D eigenvalue weighted by Gasteiger charge is -2.07. The maximum atomic E-state index is 5.09. The highest BCUT2D eigenvalue weighted by Crippen LogP contribution is 2.18. The Kier molecular flexibility index (Phi) is 4.06. The second-order valence-corrected chi connectivity index (χ2v) is 3.76. The van der Waals surface area contributed by atoms with E-state index in [1.807, 2.05) is 30.3 Å². The van der Waals surface area contributed by atoms with E-state index in [1.165, 1.54) is 0 Å². The van der Waals surface area contributed by atoms with E-state index < -0.39 is 0 Å². The molecular formula is C13H16N4O. The summed E-state index contributed by atoms with van der Waals surface area (Å²) in [6, 6.07) is 10.1. The third-order valence-corrected chi connectivity index (χ3v) is 2.36. The number of benzene rings is 1. The quantitative estimate of drug-likeness (QED) is 0.875. The van der Waals surface area contributed by atoms with Crippen LogP contribution in [0.15, 0.2) is 30.3 Å². The van der Waals surface area contributed by atoms with E-state index in [1.54, 1.807) is 7.11 Å². The molecule has 0 aliphatic heterocycles. The second kappa shape index (κ2) is 5.95. The number of nitrogens with one attached hydrogen (secondary N) is 1. The number of anilines is 1. The molecule has 0 fully saturated rings. The lowest BCUT2D eigenvalue weighted by molar-refractivity contribution is 0.379. The minimum Gasteiger partial charge on any atom is -0.467 e. The maximum Gasteiger partial charge on any atom is 0.321 e. The molecule has 1 N–H and O–H groups in total. The van der Waals surface area contributed by atoms with Gasteiger partial charge in [0.2, 0.25) is 5.95 Å². The van der Waals surface area contributed by atoms with Crippen molar-refractivity contribution in [3.63, 3.8) is 0 Å². The van der Waals surface area contributed by atoms with Crippen LogP contribution in [0, 0.1) is 0 Å². The van der Waals surface area contributed by atoms with Crippen LogP contribution in [0.2, 0.25) is 0 Å². The molecule has 1 aromatic heterocycles. The first-order chi connectivity index (χ1) is 8.83. The van der Waals surface area contributed by atoms with Crippen molar-refractivity contribution in [3.8, 4) is 17.4 Å². The van der Waals surface area contributed by atoms with Crippen LogP contribution in [0.25, 0.3) is 11.4 Å². The molecule has 0 aliphatic carbocycles. The van der Waals surface area contributed by atoms with E-state index in [2.05, 4.69) is 27.2 Å². The minimum absolute atomic E-state index is 0.322. The van der Waals surface area contributed by atoms with Crippen molar-refractivity contribution >= 4 is 5.95 Å². The van der Waals surface area contributed by atoms with Gasteiger partial charge in [-0.25, -0.2) is 0 Å². The molecular weight excluding hydrogens is 228 g/mol. The van der Waals surface area contributed by atoms with Gasteiger partial charge in [-0.3, -0.25) is 0 Å². The van der Waals surface area contributed by atoms with Gasteiger partial charge >= 0.3 is 6.01 Å². The lowest BCUT2D eigenvalue weighted by Crippen LogP contribution is -2.07. The van der Waals surface area contributed by atoms with E-state index in [0.29, 0.717) is 17.8 Å². The maximum absolute atomic E-state index is 5.09. The molecule has 0 radical (unpaired) electrons. The smallest absolute Gasteiger partial charge is 0.321 e. The molecule has 0 bridgehead atoms. The summed E-state index contributed by atoms with van der Waals surface area (Å²) < 4.78 is 5.09. The van der Waals surface area contributed by atoms with Gasteiger partial charge in [-0.15, -0.1) is 0 Å². The highest BCUT2D eigenvalue weighted by atomic mass is 16.5. The second-order valence-electron chi connectivity index (χ2n) is 3.76. The lowest BCUT2D eigenvalue weighted by atomic mass is 10.2. The first-order valence-electron chi connectivity index (χ1n) is 5.93. The Bertz CT molecular complexity index is 502. The molecule has 1 heterocycles. The van der Waals surface area contributed by atoms with Gasteiger partial charge in [-0.1, -0.05) is 37.3 Å². The van der Waals surface area contributed by atoms with E-state index in [9.17, 15) is 0 Å². The van der Waals surface area contributed by atoms with E-state index >= 15 is 0 Å². The molecule has 2 rings (SSSR count). The molecule has 1 aromatic carbocycles. The Hall–Kier alpha value is -2.17. The fraction of sp³-hybridized carbons (Fsp3) is 0.308. The first-order valence-corrected chi connectivity index (χ1v) is 5.93. The fourth-order valence-electron chi connectivity index (χ4n) is 1.48. The number of hydrogen-bond acceptors (Lipinski definition) is 5. The molecule has 0 saturated carbocycles. The SMILES string of the molecule is CCCNc1nc(OC)nc(-c2ccccc2)n1. The van der Waals surface area contributed by atoms with E-state index in [4.69, 9.17) is 4.74 Å². The van der Waals surface area contributed by atoms with E-state index in [-0.39, 0.29) is 0 Å². The van der Waals surface area contributed by atoms with Crippen molar-refractivity contribution in [1.29, 1.82) is 0 Å². The molecule has 0 saturated heterocycles. The van der Waals surface area contributed by atoms with Gasteiger partial charge in [0.25, 0.3) is 0 Å². The minimum atomic E-state index is 0.322. The van der Waals surface area contributed by atoms with Crippen LogP contribution in [-0.4, -0.2) is 28.6 Å². The molecule has 18 heavy (non-hydrogen) atoms. The Labute approximate surface area is 106 Å². The van der Waals surface area contributed by atoms with Crippen LogP contribution in [-0.2, 0) is 0 Å². The number of hydrogen-bond donors (Lipinski definition) is 1. The Morgan fingerprint density at radius 2 is 1.89 bits per heavy atom. The normalized spacial score (nSPS) is 10.1. The zero-order valence-electron chi connectivity index (χ0n) is 10.6. The number of aromatic nitrogens is 3. The standard InChI is InChI=1S/C13H16N4O/c1-3-9-14-12-15-11(16-13(17-12)18-2)10-7-5-4-6-8-10/h4-8H,3,9H2,1-2H3,(H,14,15,16,17).